The molecule has 1 aliphatic heterocycles. The van der Waals surface area contributed by atoms with Crippen molar-refractivity contribution in [1.29, 1.82) is 0 Å². The molecule has 5 rings (SSSR count). The van der Waals surface area contributed by atoms with Crippen molar-refractivity contribution in [3.63, 3.8) is 0 Å². The second-order valence-corrected chi connectivity index (χ2v) is 11.8. The minimum absolute atomic E-state index is 0.172. The van der Waals surface area contributed by atoms with E-state index >= 15 is 0 Å². The number of hydrogen-bond donors (Lipinski definition) is 2. The molecule has 0 aromatic carbocycles. The normalized spacial score (nSPS) is 29.1. The van der Waals surface area contributed by atoms with E-state index in [-0.39, 0.29) is 17.9 Å². The van der Waals surface area contributed by atoms with Gasteiger partial charge in [0.1, 0.15) is 11.3 Å². The fraction of sp³-hybridized carbons (Fsp3) is 0.778. The number of rotatable bonds is 7. The number of fused-ring (bicyclic) bond motifs is 1. The van der Waals surface area contributed by atoms with Crippen molar-refractivity contribution in [1.82, 2.24) is 24.4 Å². The average molecular weight is 483 g/mol. The number of anilines is 1. The van der Waals surface area contributed by atoms with Gasteiger partial charge in [-0.05, 0) is 82.7 Å². The lowest BCUT2D eigenvalue weighted by Crippen LogP contribution is -2.35. The van der Waals surface area contributed by atoms with Gasteiger partial charge in [0.2, 0.25) is 5.82 Å². The lowest BCUT2D eigenvalue weighted by atomic mass is 9.80. The zero-order valence-electron chi connectivity index (χ0n) is 21.8. The summed E-state index contributed by atoms with van der Waals surface area (Å²) in [5.41, 5.74) is 1.41. The van der Waals surface area contributed by atoms with Crippen LogP contribution in [0.3, 0.4) is 0 Å². The van der Waals surface area contributed by atoms with E-state index < -0.39 is 5.97 Å². The van der Waals surface area contributed by atoms with Crippen molar-refractivity contribution in [2.24, 2.45) is 23.7 Å². The van der Waals surface area contributed by atoms with E-state index in [9.17, 15) is 9.90 Å². The predicted octanol–water partition coefficient (Wildman–Crippen LogP) is 5.35. The Balaban J connectivity index is 1.61. The summed E-state index contributed by atoms with van der Waals surface area (Å²) in [4.78, 5) is 28.4. The first-order chi connectivity index (χ1) is 16.8. The minimum atomic E-state index is -1.10. The highest BCUT2D eigenvalue weighted by Crippen LogP contribution is 2.38. The molecule has 8 nitrogen and oxygen atoms in total. The van der Waals surface area contributed by atoms with Crippen LogP contribution in [0.4, 0.5) is 5.82 Å². The van der Waals surface area contributed by atoms with E-state index in [2.05, 4.69) is 52.6 Å². The van der Waals surface area contributed by atoms with Gasteiger partial charge < -0.3 is 15.0 Å². The number of hydrogen-bond acceptors (Lipinski definition) is 6. The summed E-state index contributed by atoms with van der Waals surface area (Å²) < 4.78 is 2.37. The van der Waals surface area contributed by atoms with E-state index in [0.717, 1.165) is 36.8 Å². The first-order valence-electron chi connectivity index (χ1n) is 13.8. The summed E-state index contributed by atoms with van der Waals surface area (Å²) in [5, 5.41) is 13.4. The Morgan fingerprint density at radius 1 is 1.06 bits per heavy atom. The Hall–Kier alpha value is -2.22. The SMILES string of the molecule is CC1CCN(C)C(c2nc3nc(C(=O)O)nc(N[C@H](C)C4CCC4)c3n2C[C@H]2CC[C@H](C)CC2)C1. The van der Waals surface area contributed by atoms with E-state index in [1.807, 2.05) is 0 Å². The van der Waals surface area contributed by atoms with Gasteiger partial charge in [0.15, 0.2) is 11.5 Å². The van der Waals surface area contributed by atoms with Gasteiger partial charge >= 0.3 is 5.97 Å². The zero-order chi connectivity index (χ0) is 24.7. The largest absolute Gasteiger partial charge is 0.475 e. The molecule has 2 saturated carbocycles. The summed E-state index contributed by atoms with van der Waals surface area (Å²) in [6.07, 6.45) is 11.0. The van der Waals surface area contributed by atoms with Crippen molar-refractivity contribution < 1.29 is 9.90 Å². The van der Waals surface area contributed by atoms with Crippen molar-refractivity contribution in [2.75, 3.05) is 18.9 Å². The Bertz CT molecular complexity index is 1060. The van der Waals surface area contributed by atoms with Gasteiger partial charge in [-0.2, -0.15) is 0 Å². The van der Waals surface area contributed by atoms with Crippen molar-refractivity contribution >= 4 is 23.0 Å². The molecular weight excluding hydrogens is 440 g/mol. The molecule has 1 saturated heterocycles. The molecule has 2 aromatic rings. The Labute approximate surface area is 208 Å². The monoisotopic (exact) mass is 482 g/mol. The van der Waals surface area contributed by atoms with Gasteiger partial charge in [0.05, 0.1) is 6.04 Å². The fourth-order valence-electron chi connectivity index (χ4n) is 6.29. The quantitative estimate of drug-likeness (QED) is 0.549. The zero-order valence-corrected chi connectivity index (χ0v) is 21.8. The highest BCUT2D eigenvalue weighted by atomic mass is 16.4. The second-order valence-electron chi connectivity index (χ2n) is 11.8. The average Bonchev–Trinajstić information content (AvgIpc) is 3.14. The molecule has 35 heavy (non-hydrogen) atoms. The number of carboxylic acid groups (broad SMARTS) is 1. The molecule has 3 fully saturated rings. The molecule has 0 amide bonds. The Morgan fingerprint density at radius 2 is 1.80 bits per heavy atom. The van der Waals surface area contributed by atoms with Crippen LogP contribution in [0.2, 0.25) is 0 Å². The van der Waals surface area contributed by atoms with E-state index in [4.69, 9.17) is 4.98 Å². The Kier molecular flexibility index (Phi) is 7.02. The van der Waals surface area contributed by atoms with Crippen LogP contribution in [0.15, 0.2) is 0 Å². The molecule has 0 bridgehead atoms. The highest BCUT2D eigenvalue weighted by molar-refractivity contribution is 5.90. The number of piperidine rings is 1. The fourth-order valence-corrected chi connectivity index (χ4v) is 6.29. The maximum Gasteiger partial charge on any atom is 0.374 e. The molecule has 8 heteroatoms. The maximum absolute atomic E-state index is 11.9. The van der Waals surface area contributed by atoms with Gasteiger partial charge in [0, 0.05) is 12.6 Å². The van der Waals surface area contributed by atoms with E-state index in [0.29, 0.717) is 29.2 Å². The van der Waals surface area contributed by atoms with Crippen LogP contribution < -0.4 is 5.32 Å². The third-order valence-corrected chi connectivity index (χ3v) is 9.05. The standard InChI is InChI=1S/C27H42N6O2/c1-16-8-10-19(11-9-16)15-33-22-23(28-18(3)20-6-5-7-20)29-25(27(34)35)30-24(22)31-26(33)21-14-17(2)12-13-32(21)4/h16-21H,5-15H2,1-4H3,(H,34,35)(H,28,29,30)/t16-,17?,18-,19-,21?/m1/s1. The summed E-state index contributed by atoms with van der Waals surface area (Å²) in [6, 6.07) is 0.448. The molecule has 2 N–H and O–H groups in total. The predicted molar refractivity (Wildman–Crippen MR) is 138 cm³/mol. The summed E-state index contributed by atoms with van der Waals surface area (Å²) >= 11 is 0. The first-order valence-corrected chi connectivity index (χ1v) is 13.8. The van der Waals surface area contributed by atoms with Crippen molar-refractivity contribution in [3.05, 3.63) is 11.6 Å². The molecule has 3 aliphatic rings. The molecule has 2 unspecified atom stereocenters. The lowest BCUT2D eigenvalue weighted by molar-refractivity contribution is 0.0684. The molecule has 0 spiro atoms. The van der Waals surface area contributed by atoms with Gasteiger partial charge in [0.25, 0.3) is 0 Å². The van der Waals surface area contributed by atoms with Crippen molar-refractivity contribution in [3.8, 4) is 0 Å². The molecule has 3 atom stereocenters. The Morgan fingerprint density at radius 3 is 2.46 bits per heavy atom. The van der Waals surface area contributed by atoms with Gasteiger partial charge in [-0.15, -0.1) is 0 Å². The summed E-state index contributed by atoms with van der Waals surface area (Å²) in [7, 11) is 2.19. The van der Waals surface area contributed by atoms with Crippen LogP contribution in [-0.2, 0) is 6.54 Å². The minimum Gasteiger partial charge on any atom is -0.475 e. The van der Waals surface area contributed by atoms with Crippen molar-refractivity contribution in [2.45, 2.75) is 97.2 Å². The number of nitrogens with zero attached hydrogens (tertiary/aromatic N) is 5. The topological polar surface area (TPSA) is 96.2 Å². The van der Waals surface area contributed by atoms with Crippen LogP contribution in [0.5, 0.6) is 0 Å². The second kappa shape index (κ2) is 10.0. The van der Waals surface area contributed by atoms with Gasteiger partial charge in [-0.3, -0.25) is 4.90 Å². The number of likely N-dealkylation sites (tertiary alicyclic amines) is 1. The number of aromatic nitrogens is 4. The molecule has 2 aliphatic carbocycles. The highest BCUT2D eigenvalue weighted by Gasteiger charge is 2.33. The number of nitrogens with one attached hydrogen (secondary N) is 1. The molecular formula is C27H42N6O2. The third-order valence-electron chi connectivity index (χ3n) is 9.05. The van der Waals surface area contributed by atoms with Crippen LogP contribution in [0.1, 0.15) is 101 Å². The van der Waals surface area contributed by atoms with Crippen LogP contribution in [0.25, 0.3) is 11.2 Å². The molecule has 3 heterocycles. The summed E-state index contributed by atoms with van der Waals surface area (Å²) in [5.74, 6) is 3.04. The third kappa shape index (κ3) is 5.04. The molecule has 192 valence electrons. The van der Waals surface area contributed by atoms with Crippen LogP contribution >= 0.6 is 0 Å². The van der Waals surface area contributed by atoms with E-state index in [1.54, 1.807) is 0 Å². The number of carboxylic acids is 1. The number of carbonyl (C=O) groups is 1. The lowest BCUT2D eigenvalue weighted by Gasteiger charge is -2.36. The first kappa shape index (κ1) is 24.5. The molecule has 2 aromatic heterocycles. The van der Waals surface area contributed by atoms with Crippen LogP contribution in [-0.4, -0.2) is 55.1 Å². The van der Waals surface area contributed by atoms with E-state index in [1.165, 1.54) is 51.4 Å². The number of imidazole rings is 1. The van der Waals surface area contributed by atoms with Crippen LogP contribution in [0, 0.1) is 23.7 Å². The smallest absolute Gasteiger partial charge is 0.374 e. The van der Waals surface area contributed by atoms with Gasteiger partial charge in [-0.25, -0.2) is 19.7 Å². The summed E-state index contributed by atoms with van der Waals surface area (Å²) in [6.45, 7) is 8.83. The number of aromatic carboxylic acids is 1. The molecule has 0 radical (unpaired) electrons. The maximum atomic E-state index is 11.9. The van der Waals surface area contributed by atoms with Gasteiger partial charge in [-0.1, -0.05) is 33.1 Å².